The Hall–Kier alpha value is -2.49. The van der Waals surface area contributed by atoms with Crippen molar-refractivity contribution in [3.8, 4) is 11.5 Å². The summed E-state index contributed by atoms with van der Waals surface area (Å²) in [6.45, 7) is 0. The highest BCUT2D eigenvalue weighted by Gasteiger charge is 2.27. The fraction of sp³-hybridized carbons (Fsp3) is 0.235. The van der Waals surface area contributed by atoms with Gasteiger partial charge in [0.2, 0.25) is 0 Å². The summed E-state index contributed by atoms with van der Waals surface area (Å²) in [5.74, 6) is 1.00. The van der Waals surface area contributed by atoms with Gasteiger partial charge in [0.15, 0.2) is 11.5 Å². The number of rotatable bonds is 3. The Morgan fingerprint density at radius 2 is 1.81 bits per heavy atom. The Balaban J connectivity index is 1.94. The van der Waals surface area contributed by atoms with Crippen LogP contribution in [0.2, 0.25) is 0 Å². The zero-order chi connectivity index (χ0) is 14.8. The summed E-state index contributed by atoms with van der Waals surface area (Å²) in [6, 6.07) is 13.1. The lowest BCUT2D eigenvalue weighted by molar-refractivity contribution is 0.0252. The molecule has 0 aliphatic carbocycles. The number of benzene rings is 2. The second-order valence-electron chi connectivity index (χ2n) is 4.87. The molecule has 1 atom stereocenters. The number of esters is 1. The molecular formula is C17H16O4. The van der Waals surface area contributed by atoms with Crippen LogP contribution in [0, 0.1) is 0 Å². The van der Waals surface area contributed by atoms with E-state index in [1.165, 1.54) is 0 Å². The van der Waals surface area contributed by atoms with E-state index in [4.69, 9.17) is 14.2 Å². The maximum atomic E-state index is 12.1. The van der Waals surface area contributed by atoms with Crippen LogP contribution in [0.4, 0.5) is 0 Å². The van der Waals surface area contributed by atoms with E-state index in [1.807, 2.05) is 36.4 Å². The summed E-state index contributed by atoms with van der Waals surface area (Å²) >= 11 is 0. The summed E-state index contributed by atoms with van der Waals surface area (Å²) in [7, 11) is 3.18. The highest BCUT2D eigenvalue weighted by Crippen LogP contribution is 2.35. The van der Waals surface area contributed by atoms with E-state index >= 15 is 0 Å². The summed E-state index contributed by atoms with van der Waals surface area (Å²) in [5, 5.41) is 0. The van der Waals surface area contributed by atoms with E-state index < -0.39 is 0 Å². The largest absolute Gasteiger partial charge is 0.493 e. The second-order valence-corrected chi connectivity index (χ2v) is 4.87. The van der Waals surface area contributed by atoms with Gasteiger partial charge in [-0.05, 0) is 29.3 Å². The van der Waals surface area contributed by atoms with Crippen LogP contribution in [0.5, 0.6) is 11.5 Å². The second kappa shape index (κ2) is 5.48. The Kier molecular flexibility index (Phi) is 3.52. The van der Waals surface area contributed by atoms with Crippen molar-refractivity contribution in [2.24, 2.45) is 0 Å². The summed E-state index contributed by atoms with van der Waals surface area (Å²) < 4.78 is 16.1. The number of carbonyl (C=O) groups excluding carboxylic acids is 1. The van der Waals surface area contributed by atoms with E-state index in [9.17, 15) is 4.79 Å². The van der Waals surface area contributed by atoms with Gasteiger partial charge in [0, 0.05) is 6.42 Å². The number of fused-ring (bicyclic) bond motifs is 1. The number of cyclic esters (lactones) is 1. The average molecular weight is 284 g/mol. The fourth-order valence-corrected chi connectivity index (χ4v) is 2.57. The molecule has 4 heteroatoms. The molecule has 0 saturated carbocycles. The van der Waals surface area contributed by atoms with Gasteiger partial charge in [0.25, 0.3) is 0 Å². The first-order chi connectivity index (χ1) is 10.2. The molecule has 0 spiro atoms. The van der Waals surface area contributed by atoms with Crippen LogP contribution in [0.3, 0.4) is 0 Å². The lowest BCUT2D eigenvalue weighted by Crippen LogP contribution is -2.21. The molecule has 1 aliphatic heterocycles. The van der Waals surface area contributed by atoms with Gasteiger partial charge in [-0.25, -0.2) is 4.79 Å². The van der Waals surface area contributed by atoms with E-state index in [1.54, 1.807) is 20.3 Å². The van der Waals surface area contributed by atoms with Gasteiger partial charge < -0.3 is 14.2 Å². The van der Waals surface area contributed by atoms with Crippen molar-refractivity contribution < 1.29 is 19.0 Å². The van der Waals surface area contributed by atoms with Crippen molar-refractivity contribution >= 4 is 5.97 Å². The minimum absolute atomic E-state index is 0.281. The molecule has 0 saturated heterocycles. The monoisotopic (exact) mass is 284 g/mol. The average Bonchev–Trinajstić information content (AvgIpc) is 2.54. The molecule has 0 fully saturated rings. The molecule has 0 N–H and O–H groups in total. The third kappa shape index (κ3) is 2.44. The van der Waals surface area contributed by atoms with Gasteiger partial charge in [-0.1, -0.05) is 24.3 Å². The topological polar surface area (TPSA) is 44.8 Å². The number of methoxy groups -OCH3 is 2. The zero-order valence-electron chi connectivity index (χ0n) is 12.0. The predicted octanol–water partition coefficient (Wildman–Crippen LogP) is 3.16. The van der Waals surface area contributed by atoms with Gasteiger partial charge in [0.1, 0.15) is 6.10 Å². The van der Waals surface area contributed by atoms with Gasteiger partial charge in [-0.3, -0.25) is 0 Å². The maximum absolute atomic E-state index is 12.1. The Morgan fingerprint density at radius 3 is 2.57 bits per heavy atom. The smallest absolute Gasteiger partial charge is 0.339 e. The summed E-state index contributed by atoms with van der Waals surface area (Å²) in [4.78, 5) is 12.1. The molecule has 21 heavy (non-hydrogen) atoms. The maximum Gasteiger partial charge on any atom is 0.339 e. The molecule has 2 aromatic carbocycles. The van der Waals surface area contributed by atoms with Gasteiger partial charge in [-0.15, -0.1) is 0 Å². The van der Waals surface area contributed by atoms with Gasteiger partial charge >= 0.3 is 5.97 Å². The van der Waals surface area contributed by atoms with Crippen LogP contribution in [-0.2, 0) is 11.2 Å². The van der Waals surface area contributed by atoms with Gasteiger partial charge in [0.05, 0.1) is 19.8 Å². The first kappa shape index (κ1) is 13.5. The molecule has 0 radical (unpaired) electrons. The minimum Gasteiger partial charge on any atom is -0.493 e. The van der Waals surface area contributed by atoms with Crippen LogP contribution in [-0.4, -0.2) is 20.2 Å². The molecule has 1 heterocycles. The molecule has 0 aromatic heterocycles. The van der Waals surface area contributed by atoms with Crippen molar-refractivity contribution in [3.63, 3.8) is 0 Å². The zero-order valence-corrected chi connectivity index (χ0v) is 12.0. The van der Waals surface area contributed by atoms with Crippen LogP contribution < -0.4 is 9.47 Å². The fourth-order valence-electron chi connectivity index (χ4n) is 2.57. The number of hydrogen-bond donors (Lipinski definition) is 0. The van der Waals surface area contributed by atoms with E-state index in [2.05, 4.69) is 0 Å². The molecule has 1 aliphatic rings. The lowest BCUT2D eigenvalue weighted by atomic mass is 9.94. The van der Waals surface area contributed by atoms with E-state index in [0.29, 0.717) is 23.5 Å². The van der Waals surface area contributed by atoms with Crippen molar-refractivity contribution in [2.45, 2.75) is 12.5 Å². The van der Waals surface area contributed by atoms with Crippen LogP contribution in [0.25, 0.3) is 0 Å². The molecule has 4 nitrogen and oxygen atoms in total. The molecule has 3 rings (SSSR count). The number of ether oxygens (including phenoxy) is 3. The van der Waals surface area contributed by atoms with Crippen molar-refractivity contribution in [2.75, 3.05) is 14.2 Å². The predicted molar refractivity (Wildman–Crippen MR) is 77.8 cm³/mol. The first-order valence-electron chi connectivity index (χ1n) is 6.73. The molecule has 0 unspecified atom stereocenters. The lowest BCUT2D eigenvalue weighted by Gasteiger charge is -2.25. The SMILES string of the molecule is COc1ccc([C@@H]2Cc3ccccc3C(=O)O2)cc1OC. The summed E-state index contributed by atoms with van der Waals surface area (Å²) in [6.07, 6.45) is 0.365. The van der Waals surface area contributed by atoms with Crippen LogP contribution >= 0.6 is 0 Å². The van der Waals surface area contributed by atoms with Crippen molar-refractivity contribution in [1.29, 1.82) is 0 Å². The van der Waals surface area contributed by atoms with Crippen LogP contribution in [0.15, 0.2) is 42.5 Å². The highest BCUT2D eigenvalue weighted by molar-refractivity contribution is 5.92. The number of hydrogen-bond acceptors (Lipinski definition) is 4. The minimum atomic E-state index is -0.299. The first-order valence-corrected chi connectivity index (χ1v) is 6.73. The molecule has 0 amide bonds. The highest BCUT2D eigenvalue weighted by atomic mass is 16.5. The molecule has 2 aromatic rings. The Labute approximate surface area is 123 Å². The summed E-state index contributed by atoms with van der Waals surface area (Å²) in [5.41, 5.74) is 2.55. The normalized spacial score (nSPS) is 16.9. The van der Waals surface area contributed by atoms with E-state index in [-0.39, 0.29) is 12.1 Å². The third-order valence-electron chi connectivity index (χ3n) is 3.67. The quantitative estimate of drug-likeness (QED) is 0.812. The molecular weight excluding hydrogens is 268 g/mol. The van der Waals surface area contributed by atoms with Crippen molar-refractivity contribution in [1.82, 2.24) is 0 Å². The van der Waals surface area contributed by atoms with Crippen molar-refractivity contribution in [3.05, 3.63) is 59.2 Å². The third-order valence-corrected chi connectivity index (χ3v) is 3.67. The Morgan fingerprint density at radius 1 is 1.05 bits per heavy atom. The molecule has 108 valence electrons. The molecule has 0 bridgehead atoms. The standard InChI is InChI=1S/C17H16O4/c1-19-14-8-7-12(10-16(14)20-2)15-9-11-5-3-4-6-13(11)17(18)21-15/h3-8,10,15H,9H2,1-2H3/t15-/m0/s1. The van der Waals surface area contributed by atoms with E-state index in [0.717, 1.165) is 11.1 Å². The number of carbonyl (C=O) groups is 1. The Bertz CT molecular complexity index is 678. The van der Waals surface area contributed by atoms with Gasteiger partial charge in [-0.2, -0.15) is 0 Å². The van der Waals surface area contributed by atoms with Crippen LogP contribution in [0.1, 0.15) is 27.6 Å².